The van der Waals surface area contributed by atoms with Crippen molar-refractivity contribution in [1.82, 2.24) is 15.0 Å². The monoisotopic (exact) mass is 365 g/mol. The molecule has 1 atom stereocenters. The third-order valence-electron chi connectivity index (χ3n) is 4.92. The number of rotatable bonds is 5. The second-order valence-electron chi connectivity index (χ2n) is 6.81. The van der Waals surface area contributed by atoms with Crippen molar-refractivity contribution in [1.29, 1.82) is 0 Å². The van der Waals surface area contributed by atoms with Crippen LogP contribution >= 0.6 is 0 Å². The van der Waals surface area contributed by atoms with Crippen molar-refractivity contribution in [3.8, 4) is 11.5 Å². The highest BCUT2D eigenvalue weighted by Crippen LogP contribution is 2.29. The Balaban J connectivity index is 1.45. The van der Waals surface area contributed by atoms with Crippen LogP contribution in [-0.2, 0) is 17.8 Å². The molecule has 0 spiro atoms. The van der Waals surface area contributed by atoms with Crippen LogP contribution in [0, 0.1) is 5.82 Å². The maximum Gasteiger partial charge on any atom is 0.257 e. The average Bonchev–Trinajstić information content (AvgIpc) is 3.30. The summed E-state index contributed by atoms with van der Waals surface area (Å²) in [5.74, 6) is 0.540. The topological polar surface area (TPSA) is 59.2 Å². The first-order chi connectivity index (χ1) is 13.1. The molecule has 5 nitrogen and oxygen atoms in total. The molecule has 2 heterocycles. The smallest absolute Gasteiger partial charge is 0.257 e. The van der Waals surface area contributed by atoms with Gasteiger partial charge in [-0.3, -0.25) is 4.79 Å². The number of carbonyl (C=O) groups excluding carboxylic acids is 1. The molecule has 27 heavy (non-hydrogen) atoms. The highest BCUT2D eigenvalue weighted by Gasteiger charge is 2.33. The second-order valence-corrected chi connectivity index (χ2v) is 6.81. The summed E-state index contributed by atoms with van der Waals surface area (Å²) < 4.78 is 18.4. The van der Waals surface area contributed by atoms with Crippen molar-refractivity contribution >= 4 is 5.91 Å². The minimum absolute atomic E-state index is 0.0905. The Morgan fingerprint density at radius 3 is 2.52 bits per heavy atom. The van der Waals surface area contributed by atoms with E-state index in [-0.39, 0.29) is 17.6 Å². The summed E-state index contributed by atoms with van der Waals surface area (Å²) in [7, 11) is 0. The van der Waals surface area contributed by atoms with Gasteiger partial charge in [0, 0.05) is 31.0 Å². The number of amides is 1. The van der Waals surface area contributed by atoms with Crippen LogP contribution in [0.2, 0.25) is 0 Å². The minimum atomic E-state index is -0.317. The second kappa shape index (κ2) is 7.31. The Hall–Kier alpha value is -3.02. The maximum absolute atomic E-state index is 13.1. The molecule has 138 valence electrons. The van der Waals surface area contributed by atoms with E-state index >= 15 is 0 Å². The molecule has 0 N–H and O–H groups in total. The number of halogens is 1. The van der Waals surface area contributed by atoms with Gasteiger partial charge in [0.05, 0.1) is 0 Å². The Kier molecular flexibility index (Phi) is 4.71. The van der Waals surface area contributed by atoms with Crippen molar-refractivity contribution in [2.45, 2.75) is 32.2 Å². The molecule has 1 fully saturated rings. The molecule has 2 aromatic carbocycles. The van der Waals surface area contributed by atoms with Gasteiger partial charge in [-0.1, -0.05) is 36.3 Å². The number of benzene rings is 2. The molecular weight excluding hydrogens is 345 g/mol. The first-order valence-electron chi connectivity index (χ1n) is 9.07. The van der Waals surface area contributed by atoms with Crippen molar-refractivity contribution in [3.63, 3.8) is 0 Å². The first-order valence-corrected chi connectivity index (χ1v) is 9.07. The van der Waals surface area contributed by atoms with E-state index in [9.17, 15) is 9.18 Å². The van der Waals surface area contributed by atoms with Gasteiger partial charge in [-0.2, -0.15) is 4.98 Å². The first kappa shape index (κ1) is 17.4. The van der Waals surface area contributed by atoms with Gasteiger partial charge in [0.2, 0.25) is 5.91 Å². The highest BCUT2D eigenvalue weighted by molar-refractivity contribution is 5.79. The Morgan fingerprint density at radius 2 is 1.81 bits per heavy atom. The van der Waals surface area contributed by atoms with E-state index in [1.807, 2.05) is 4.90 Å². The molecule has 1 aliphatic rings. The highest BCUT2D eigenvalue weighted by atomic mass is 19.1. The third-order valence-corrected chi connectivity index (χ3v) is 4.92. The van der Waals surface area contributed by atoms with Crippen LogP contribution in [0.4, 0.5) is 4.39 Å². The fraction of sp³-hybridized carbons (Fsp3) is 0.286. The van der Waals surface area contributed by atoms with Crippen LogP contribution in [0.1, 0.15) is 36.2 Å². The maximum atomic E-state index is 13.1. The zero-order valence-corrected chi connectivity index (χ0v) is 15.1. The van der Waals surface area contributed by atoms with Gasteiger partial charge < -0.3 is 9.42 Å². The van der Waals surface area contributed by atoms with E-state index in [0.29, 0.717) is 36.8 Å². The van der Waals surface area contributed by atoms with Gasteiger partial charge in [-0.05, 0) is 41.8 Å². The van der Waals surface area contributed by atoms with Crippen LogP contribution in [0.3, 0.4) is 0 Å². The summed E-state index contributed by atoms with van der Waals surface area (Å²) in [4.78, 5) is 18.6. The zero-order chi connectivity index (χ0) is 18.8. The molecule has 0 radical (unpaired) electrons. The van der Waals surface area contributed by atoms with Gasteiger partial charge in [-0.25, -0.2) is 4.39 Å². The van der Waals surface area contributed by atoms with E-state index in [2.05, 4.69) is 41.3 Å². The van der Waals surface area contributed by atoms with E-state index in [1.54, 1.807) is 12.1 Å². The normalized spacial score (nSPS) is 16.9. The molecule has 1 aromatic heterocycles. The SMILES string of the molecule is CCc1ccc(CN2CC(c3noc(-c4ccc(F)cc4)n3)CC2=O)cc1. The number of aryl methyl sites for hydroxylation is 1. The van der Waals surface area contributed by atoms with E-state index in [0.717, 1.165) is 12.0 Å². The van der Waals surface area contributed by atoms with Gasteiger partial charge in [0.15, 0.2) is 5.82 Å². The number of hydrogen-bond acceptors (Lipinski definition) is 4. The summed E-state index contributed by atoms with van der Waals surface area (Å²) >= 11 is 0. The molecule has 0 saturated carbocycles. The number of hydrogen-bond donors (Lipinski definition) is 0. The van der Waals surface area contributed by atoms with Crippen molar-refractivity contribution in [3.05, 3.63) is 71.3 Å². The number of likely N-dealkylation sites (tertiary alicyclic amines) is 1. The largest absolute Gasteiger partial charge is 0.338 e. The standard InChI is InChI=1S/C21H20FN3O2/c1-2-14-3-5-15(6-4-14)12-25-13-17(11-19(25)26)20-23-21(27-24-20)16-7-9-18(22)10-8-16/h3-10,17H,2,11-13H2,1H3. The fourth-order valence-corrected chi connectivity index (χ4v) is 3.31. The van der Waals surface area contributed by atoms with E-state index in [1.165, 1.54) is 17.7 Å². The molecule has 1 aliphatic heterocycles. The zero-order valence-electron chi connectivity index (χ0n) is 15.1. The van der Waals surface area contributed by atoms with E-state index < -0.39 is 0 Å². The molecule has 1 amide bonds. The Morgan fingerprint density at radius 1 is 1.11 bits per heavy atom. The molecule has 4 rings (SSSR count). The molecule has 6 heteroatoms. The Bertz CT molecular complexity index is 935. The van der Waals surface area contributed by atoms with Gasteiger partial charge in [0.25, 0.3) is 5.89 Å². The van der Waals surface area contributed by atoms with Crippen molar-refractivity contribution < 1.29 is 13.7 Å². The van der Waals surface area contributed by atoms with Crippen LogP contribution < -0.4 is 0 Å². The minimum Gasteiger partial charge on any atom is -0.338 e. The third kappa shape index (κ3) is 3.74. The van der Waals surface area contributed by atoms with Gasteiger partial charge in [-0.15, -0.1) is 0 Å². The number of nitrogens with zero attached hydrogens (tertiary/aromatic N) is 3. The summed E-state index contributed by atoms with van der Waals surface area (Å²) in [5, 5.41) is 4.04. The van der Waals surface area contributed by atoms with Gasteiger partial charge >= 0.3 is 0 Å². The quantitative estimate of drug-likeness (QED) is 0.687. The number of aromatic nitrogens is 2. The average molecular weight is 365 g/mol. The molecule has 1 saturated heterocycles. The summed E-state index contributed by atoms with van der Waals surface area (Å²) in [6, 6.07) is 14.2. The van der Waals surface area contributed by atoms with Crippen LogP contribution in [0.15, 0.2) is 53.1 Å². The molecule has 3 aromatic rings. The van der Waals surface area contributed by atoms with Gasteiger partial charge in [0.1, 0.15) is 5.82 Å². The lowest BCUT2D eigenvalue weighted by Crippen LogP contribution is -2.24. The van der Waals surface area contributed by atoms with Crippen LogP contribution in [-0.4, -0.2) is 27.5 Å². The van der Waals surface area contributed by atoms with Crippen molar-refractivity contribution in [2.24, 2.45) is 0 Å². The van der Waals surface area contributed by atoms with Crippen LogP contribution in [0.25, 0.3) is 11.5 Å². The predicted octanol–water partition coefficient (Wildman–Crippen LogP) is 3.95. The fourth-order valence-electron chi connectivity index (χ4n) is 3.31. The van der Waals surface area contributed by atoms with Crippen LogP contribution in [0.5, 0.6) is 0 Å². The summed E-state index contributed by atoms with van der Waals surface area (Å²) in [5.41, 5.74) is 3.05. The van der Waals surface area contributed by atoms with Crippen molar-refractivity contribution in [2.75, 3.05) is 6.54 Å². The number of carbonyl (C=O) groups is 1. The lowest BCUT2D eigenvalue weighted by molar-refractivity contribution is -0.128. The predicted molar refractivity (Wildman–Crippen MR) is 98.3 cm³/mol. The lowest BCUT2D eigenvalue weighted by Gasteiger charge is -2.16. The van der Waals surface area contributed by atoms with E-state index in [4.69, 9.17) is 4.52 Å². The summed E-state index contributed by atoms with van der Waals surface area (Å²) in [6.07, 6.45) is 1.37. The molecule has 0 aliphatic carbocycles. The lowest BCUT2D eigenvalue weighted by atomic mass is 10.1. The summed E-state index contributed by atoms with van der Waals surface area (Å²) in [6.45, 7) is 3.27. The molecular formula is C21H20FN3O2. The molecule has 1 unspecified atom stereocenters. The Labute approximate surface area is 156 Å². The molecule has 0 bridgehead atoms.